The summed E-state index contributed by atoms with van der Waals surface area (Å²) < 4.78 is 53.7. The standard InChI is InChI=1S/C35H33F4N5O3/c1-42(23-24-9-3-2-4-10-24)33(46)29-22-27(40-32(45)28-13-5-6-14-30(28)36)15-16-31(29)43-17-8-18-44(20-19-43)34(47)41-26-12-7-11-25(21-26)35(37,38)39/h2-7,9-16,21-22H,8,17-20,23H2,1H3,(H,40,45)(H,41,47). The highest BCUT2D eigenvalue weighted by Gasteiger charge is 2.31. The van der Waals surface area contributed by atoms with E-state index in [9.17, 15) is 31.9 Å². The van der Waals surface area contributed by atoms with Gasteiger partial charge in [-0.2, -0.15) is 13.2 Å². The van der Waals surface area contributed by atoms with Crippen molar-refractivity contribution in [1.82, 2.24) is 9.80 Å². The van der Waals surface area contributed by atoms with Gasteiger partial charge in [0, 0.05) is 56.8 Å². The maximum Gasteiger partial charge on any atom is 0.416 e. The van der Waals surface area contributed by atoms with Crippen LogP contribution in [0.25, 0.3) is 0 Å². The lowest BCUT2D eigenvalue weighted by Crippen LogP contribution is -2.38. The van der Waals surface area contributed by atoms with Crippen LogP contribution in [-0.2, 0) is 12.7 Å². The van der Waals surface area contributed by atoms with E-state index in [4.69, 9.17) is 0 Å². The van der Waals surface area contributed by atoms with E-state index in [0.29, 0.717) is 49.5 Å². The summed E-state index contributed by atoms with van der Waals surface area (Å²) in [6, 6.07) is 23.9. The molecular formula is C35H33F4N5O3. The fraction of sp³-hybridized carbons (Fsp3) is 0.229. The summed E-state index contributed by atoms with van der Waals surface area (Å²) in [5.74, 6) is -1.65. The number of carbonyl (C=O) groups excluding carboxylic acids is 3. The lowest BCUT2D eigenvalue weighted by atomic mass is 10.1. The first-order valence-corrected chi connectivity index (χ1v) is 15.0. The van der Waals surface area contributed by atoms with Crippen molar-refractivity contribution in [3.05, 3.63) is 125 Å². The van der Waals surface area contributed by atoms with Gasteiger partial charge in [-0.25, -0.2) is 9.18 Å². The first-order valence-electron chi connectivity index (χ1n) is 15.0. The van der Waals surface area contributed by atoms with Crippen LogP contribution in [0, 0.1) is 5.82 Å². The Bertz CT molecular complexity index is 1750. The molecule has 8 nitrogen and oxygen atoms in total. The number of hydrogen-bond donors (Lipinski definition) is 2. The summed E-state index contributed by atoms with van der Waals surface area (Å²) in [5, 5.41) is 5.24. The van der Waals surface area contributed by atoms with Gasteiger partial charge >= 0.3 is 12.2 Å². The Kier molecular flexibility index (Phi) is 10.1. The van der Waals surface area contributed by atoms with E-state index >= 15 is 0 Å². The van der Waals surface area contributed by atoms with Crippen LogP contribution >= 0.6 is 0 Å². The van der Waals surface area contributed by atoms with Crippen molar-refractivity contribution in [2.45, 2.75) is 19.1 Å². The molecule has 0 radical (unpaired) electrons. The molecule has 5 rings (SSSR count). The van der Waals surface area contributed by atoms with E-state index in [-0.39, 0.29) is 23.7 Å². The van der Waals surface area contributed by atoms with Crippen LogP contribution < -0.4 is 15.5 Å². The van der Waals surface area contributed by atoms with Crippen LogP contribution in [0.1, 0.15) is 38.3 Å². The van der Waals surface area contributed by atoms with Gasteiger partial charge in [-0.1, -0.05) is 48.5 Å². The first-order chi connectivity index (χ1) is 22.5. The zero-order valence-electron chi connectivity index (χ0n) is 25.6. The Morgan fingerprint density at radius 1 is 0.766 bits per heavy atom. The number of benzene rings is 4. The number of rotatable bonds is 7. The first kappa shape index (κ1) is 33.0. The van der Waals surface area contributed by atoms with Crippen LogP contribution in [0.3, 0.4) is 0 Å². The van der Waals surface area contributed by atoms with Crippen LogP contribution in [0.15, 0.2) is 97.1 Å². The molecule has 1 aliphatic heterocycles. The molecule has 47 heavy (non-hydrogen) atoms. The number of amides is 4. The number of nitrogens with zero attached hydrogens (tertiary/aromatic N) is 3. The summed E-state index contributed by atoms with van der Waals surface area (Å²) in [6.45, 7) is 1.73. The van der Waals surface area contributed by atoms with E-state index in [0.717, 1.165) is 17.7 Å². The number of nitrogens with one attached hydrogen (secondary N) is 2. The van der Waals surface area contributed by atoms with Gasteiger partial charge in [0.1, 0.15) is 5.82 Å². The van der Waals surface area contributed by atoms with Gasteiger partial charge in [0.05, 0.1) is 16.7 Å². The Hall–Kier alpha value is -5.39. The van der Waals surface area contributed by atoms with Crippen molar-refractivity contribution in [3.63, 3.8) is 0 Å². The molecule has 1 heterocycles. The molecule has 1 fully saturated rings. The third-order valence-electron chi connectivity index (χ3n) is 7.78. The lowest BCUT2D eigenvalue weighted by Gasteiger charge is -2.28. The number of carbonyl (C=O) groups is 3. The van der Waals surface area contributed by atoms with Crippen molar-refractivity contribution in [2.75, 3.05) is 48.8 Å². The Morgan fingerprint density at radius 3 is 2.23 bits per heavy atom. The van der Waals surface area contributed by atoms with Gasteiger partial charge in [-0.05, 0) is 60.5 Å². The van der Waals surface area contributed by atoms with Crippen molar-refractivity contribution in [2.24, 2.45) is 0 Å². The molecule has 0 saturated carbocycles. The Balaban J connectivity index is 1.36. The normalized spacial score (nSPS) is 13.5. The zero-order chi connectivity index (χ0) is 33.6. The SMILES string of the molecule is CN(Cc1ccccc1)C(=O)c1cc(NC(=O)c2ccccc2F)ccc1N1CCCN(C(=O)Nc2cccc(C(F)(F)F)c2)CC1. The molecule has 12 heteroatoms. The molecule has 4 aromatic rings. The molecule has 1 saturated heterocycles. The molecule has 0 aliphatic carbocycles. The number of urea groups is 1. The molecule has 0 atom stereocenters. The zero-order valence-corrected chi connectivity index (χ0v) is 25.6. The molecule has 244 valence electrons. The largest absolute Gasteiger partial charge is 0.416 e. The molecule has 1 aliphatic rings. The topological polar surface area (TPSA) is 85.0 Å². The van der Waals surface area contributed by atoms with Crippen LogP contribution in [-0.4, -0.2) is 60.9 Å². The summed E-state index contributed by atoms with van der Waals surface area (Å²) in [7, 11) is 1.67. The van der Waals surface area contributed by atoms with Gasteiger partial charge < -0.3 is 25.3 Å². The molecule has 4 amide bonds. The Labute approximate surface area is 269 Å². The van der Waals surface area contributed by atoms with Gasteiger partial charge in [0.2, 0.25) is 0 Å². The highest BCUT2D eigenvalue weighted by molar-refractivity contribution is 6.06. The monoisotopic (exact) mass is 647 g/mol. The quantitative estimate of drug-likeness (QED) is 0.210. The molecular weight excluding hydrogens is 614 g/mol. The van der Waals surface area contributed by atoms with Crippen LogP contribution in [0.4, 0.5) is 39.4 Å². The Morgan fingerprint density at radius 2 is 1.49 bits per heavy atom. The minimum atomic E-state index is -4.54. The van der Waals surface area contributed by atoms with Crippen molar-refractivity contribution in [1.29, 1.82) is 0 Å². The molecule has 2 N–H and O–H groups in total. The second-order valence-electron chi connectivity index (χ2n) is 11.1. The van der Waals surface area contributed by atoms with Gasteiger partial charge in [0.15, 0.2) is 0 Å². The van der Waals surface area contributed by atoms with Crippen molar-refractivity contribution >= 4 is 34.9 Å². The molecule has 0 aromatic heterocycles. The van der Waals surface area contributed by atoms with Crippen molar-refractivity contribution in [3.8, 4) is 0 Å². The smallest absolute Gasteiger partial charge is 0.369 e. The number of anilines is 3. The molecule has 0 spiro atoms. The van der Waals surface area contributed by atoms with E-state index in [2.05, 4.69) is 10.6 Å². The van der Waals surface area contributed by atoms with Gasteiger partial charge in [0.25, 0.3) is 11.8 Å². The molecule has 0 unspecified atom stereocenters. The number of alkyl halides is 3. The number of hydrogen-bond acceptors (Lipinski definition) is 4. The van der Waals surface area contributed by atoms with Crippen LogP contribution in [0.2, 0.25) is 0 Å². The lowest BCUT2D eigenvalue weighted by molar-refractivity contribution is -0.137. The predicted molar refractivity (Wildman–Crippen MR) is 172 cm³/mol. The summed E-state index contributed by atoms with van der Waals surface area (Å²) in [6.07, 6.45) is -4.01. The van der Waals surface area contributed by atoms with E-state index in [1.165, 1.54) is 35.2 Å². The van der Waals surface area contributed by atoms with Crippen molar-refractivity contribution < 1.29 is 31.9 Å². The summed E-state index contributed by atoms with van der Waals surface area (Å²) in [4.78, 5) is 44.9. The van der Waals surface area contributed by atoms with E-state index in [1.54, 1.807) is 36.2 Å². The molecule has 4 aromatic carbocycles. The maximum atomic E-state index is 14.3. The second kappa shape index (κ2) is 14.4. The minimum Gasteiger partial charge on any atom is -0.369 e. The van der Waals surface area contributed by atoms with Crippen LogP contribution in [0.5, 0.6) is 0 Å². The molecule has 0 bridgehead atoms. The fourth-order valence-corrected chi connectivity index (χ4v) is 5.38. The summed E-state index contributed by atoms with van der Waals surface area (Å²) >= 11 is 0. The van der Waals surface area contributed by atoms with Gasteiger partial charge in [-0.15, -0.1) is 0 Å². The average molecular weight is 648 g/mol. The van der Waals surface area contributed by atoms with Gasteiger partial charge in [-0.3, -0.25) is 9.59 Å². The highest BCUT2D eigenvalue weighted by atomic mass is 19.4. The number of halogens is 4. The highest BCUT2D eigenvalue weighted by Crippen LogP contribution is 2.31. The summed E-state index contributed by atoms with van der Waals surface area (Å²) in [5.41, 5.74) is 1.15. The third kappa shape index (κ3) is 8.26. The van der Waals surface area contributed by atoms with E-state index in [1.807, 2.05) is 35.2 Å². The predicted octanol–water partition coefficient (Wildman–Crippen LogP) is 7.11. The fourth-order valence-electron chi connectivity index (χ4n) is 5.38. The average Bonchev–Trinajstić information content (AvgIpc) is 3.31. The second-order valence-corrected chi connectivity index (χ2v) is 11.1. The third-order valence-corrected chi connectivity index (χ3v) is 7.78. The maximum absolute atomic E-state index is 14.3. The van der Waals surface area contributed by atoms with E-state index < -0.39 is 29.5 Å². The minimum absolute atomic E-state index is 0.0354.